The monoisotopic (exact) mass is 222 g/mol. The smallest absolute Gasteiger partial charge is 0.266 e. The number of hydrogen-bond donors (Lipinski definition) is 0. The quantitative estimate of drug-likeness (QED) is 0.418. The van der Waals surface area contributed by atoms with E-state index < -0.39 is 22.4 Å². The molecule has 2 rings (SSSR count). The molecular formula is C9H6N2O5. The maximum absolute atomic E-state index is 11.6. The lowest BCUT2D eigenvalue weighted by molar-refractivity contribution is -0.385. The zero-order chi connectivity index (χ0) is 11.9. The summed E-state index contributed by atoms with van der Waals surface area (Å²) in [5.74, 6) is -1.50. The van der Waals surface area contributed by atoms with Crippen molar-refractivity contribution < 1.29 is 19.3 Å². The standard InChI is InChI=1S/C9H6N2O5/c1-16-10-8(12)5-3-2-4-6(11(14)15)7(5)9(10)13/h2-4H,1H3. The third-order valence-corrected chi connectivity index (χ3v) is 2.23. The van der Waals surface area contributed by atoms with Gasteiger partial charge in [0.15, 0.2) is 0 Å². The molecule has 0 N–H and O–H groups in total. The molecule has 1 aliphatic heterocycles. The van der Waals surface area contributed by atoms with Crippen LogP contribution in [0.1, 0.15) is 20.7 Å². The van der Waals surface area contributed by atoms with Gasteiger partial charge in [-0.25, -0.2) is 0 Å². The lowest BCUT2D eigenvalue weighted by Gasteiger charge is -2.07. The Morgan fingerprint density at radius 2 is 2.00 bits per heavy atom. The molecule has 1 aromatic carbocycles. The van der Waals surface area contributed by atoms with E-state index in [0.29, 0.717) is 5.06 Å². The molecule has 0 aromatic heterocycles. The van der Waals surface area contributed by atoms with Crippen molar-refractivity contribution in [1.29, 1.82) is 0 Å². The largest absolute Gasteiger partial charge is 0.292 e. The molecular weight excluding hydrogens is 216 g/mol. The van der Waals surface area contributed by atoms with E-state index in [9.17, 15) is 19.7 Å². The van der Waals surface area contributed by atoms with Crippen molar-refractivity contribution in [2.24, 2.45) is 0 Å². The Kier molecular flexibility index (Phi) is 2.17. The minimum absolute atomic E-state index is 0.0129. The lowest BCUT2D eigenvalue weighted by atomic mass is 10.1. The van der Waals surface area contributed by atoms with Crippen LogP contribution in [0.25, 0.3) is 0 Å². The molecule has 0 saturated heterocycles. The van der Waals surface area contributed by atoms with Gasteiger partial charge >= 0.3 is 0 Å². The Labute approximate surface area is 89.3 Å². The average molecular weight is 222 g/mol. The van der Waals surface area contributed by atoms with Crippen molar-refractivity contribution in [3.8, 4) is 0 Å². The van der Waals surface area contributed by atoms with E-state index in [0.717, 1.165) is 7.11 Å². The molecule has 0 saturated carbocycles. The highest BCUT2D eigenvalue weighted by Crippen LogP contribution is 2.30. The lowest BCUT2D eigenvalue weighted by Crippen LogP contribution is -2.28. The summed E-state index contributed by atoms with van der Waals surface area (Å²) >= 11 is 0. The van der Waals surface area contributed by atoms with Gasteiger partial charge in [-0.15, -0.1) is 5.06 Å². The van der Waals surface area contributed by atoms with Gasteiger partial charge in [-0.2, -0.15) is 0 Å². The number of hydrogen-bond acceptors (Lipinski definition) is 5. The van der Waals surface area contributed by atoms with E-state index in [4.69, 9.17) is 0 Å². The van der Waals surface area contributed by atoms with Crippen molar-refractivity contribution >= 4 is 17.5 Å². The summed E-state index contributed by atoms with van der Waals surface area (Å²) in [5, 5.41) is 11.2. The zero-order valence-electron chi connectivity index (χ0n) is 8.17. The van der Waals surface area contributed by atoms with E-state index in [2.05, 4.69) is 4.84 Å². The van der Waals surface area contributed by atoms with E-state index in [-0.39, 0.29) is 11.1 Å². The van der Waals surface area contributed by atoms with E-state index in [1.165, 1.54) is 18.2 Å². The summed E-state index contributed by atoms with van der Waals surface area (Å²) in [7, 11) is 1.15. The van der Waals surface area contributed by atoms with Crippen molar-refractivity contribution in [2.45, 2.75) is 0 Å². The van der Waals surface area contributed by atoms with Gasteiger partial charge in [0.1, 0.15) is 5.56 Å². The van der Waals surface area contributed by atoms with Gasteiger partial charge in [-0.1, -0.05) is 6.07 Å². The topological polar surface area (TPSA) is 89.8 Å². The van der Waals surface area contributed by atoms with Crippen LogP contribution in [-0.4, -0.2) is 28.9 Å². The van der Waals surface area contributed by atoms with Gasteiger partial charge in [-0.05, 0) is 6.07 Å². The van der Waals surface area contributed by atoms with Crippen LogP contribution in [0.4, 0.5) is 5.69 Å². The second-order valence-electron chi connectivity index (χ2n) is 3.04. The number of nitro groups is 1. The molecule has 0 atom stereocenters. The summed E-state index contributed by atoms with van der Waals surface area (Å²) in [5.41, 5.74) is -0.629. The van der Waals surface area contributed by atoms with E-state index in [1.807, 2.05) is 0 Å². The number of nitrogens with zero attached hydrogens (tertiary/aromatic N) is 2. The Balaban J connectivity index is 2.68. The second kappa shape index (κ2) is 3.38. The van der Waals surface area contributed by atoms with Crippen LogP contribution in [0.3, 0.4) is 0 Å². The number of benzene rings is 1. The van der Waals surface area contributed by atoms with Crippen LogP contribution in [-0.2, 0) is 4.84 Å². The Morgan fingerprint density at radius 3 is 2.56 bits per heavy atom. The first kappa shape index (κ1) is 10.2. The van der Waals surface area contributed by atoms with Crippen LogP contribution in [0.2, 0.25) is 0 Å². The molecule has 0 radical (unpaired) electrons. The van der Waals surface area contributed by atoms with Crippen LogP contribution in [0, 0.1) is 10.1 Å². The zero-order valence-corrected chi connectivity index (χ0v) is 8.17. The third kappa shape index (κ3) is 1.18. The molecule has 1 aromatic rings. The van der Waals surface area contributed by atoms with Crippen LogP contribution in [0.15, 0.2) is 18.2 Å². The Morgan fingerprint density at radius 1 is 1.31 bits per heavy atom. The molecule has 0 aliphatic carbocycles. The van der Waals surface area contributed by atoms with Gasteiger partial charge in [0.2, 0.25) is 0 Å². The van der Waals surface area contributed by atoms with E-state index >= 15 is 0 Å². The minimum Gasteiger partial charge on any atom is -0.266 e. The van der Waals surface area contributed by atoms with Crippen LogP contribution >= 0.6 is 0 Å². The second-order valence-corrected chi connectivity index (χ2v) is 3.04. The van der Waals surface area contributed by atoms with Crippen molar-refractivity contribution in [3.05, 3.63) is 39.4 Å². The van der Waals surface area contributed by atoms with Crippen LogP contribution in [0.5, 0.6) is 0 Å². The van der Waals surface area contributed by atoms with Crippen molar-refractivity contribution in [2.75, 3.05) is 7.11 Å². The first-order valence-electron chi connectivity index (χ1n) is 4.28. The molecule has 7 heteroatoms. The fourth-order valence-corrected chi connectivity index (χ4v) is 1.56. The van der Waals surface area contributed by atoms with Crippen molar-refractivity contribution in [3.63, 3.8) is 0 Å². The predicted octanol–water partition coefficient (Wildman–Crippen LogP) is 0.752. The summed E-state index contributed by atoms with van der Waals surface area (Å²) in [6.07, 6.45) is 0. The Hall–Kier alpha value is -2.28. The molecule has 1 heterocycles. The fraction of sp³-hybridized carbons (Fsp3) is 0.111. The van der Waals surface area contributed by atoms with E-state index in [1.54, 1.807) is 0 Å². The normalized spacial score (nSPS) is 14.2. The molecule has 16 heavy (non-hydrogen) atoms. The number of carbonyl (C=O) groups excluding carboxylic acids is 2. The minimum atomic E-state index is -0.810. The molecule has 0 bridgehead atoms. The van der Waals surface area contributed by atoms with Crippen LogP contribution < -0.4 is 0 Å². The number of rotatable bonds is 2. The number of carbonyl (C=O) groups is 2. The van der Waals surface area contributed by atoms with Gasteiger partial charge < -0.3 is 0 Å². The summed E-state index contributed by atoms with van der Waals surface area (Å²) in [6, 6.07) is 3.87. The number of fused-ring (bicyclic) bond motifs is 1. The molecule has 82 valence electrons. The predicted molar refractivity (Wildman–Crippen MR) is 50.6 cm³/mol. The highest BCUT2D eigenvalue weighted by molar-refractivity contribution is 6.22. The molecule has 0 unspecified atom stereocenters. The molecule has 0 fully saturated rings. The maximum atomic E-state index is 11.6. The maximum Gasteiger partial charge on any atom is 0.292 e. The van der Waals surface area contributed by atoms with Gasteiger partial charge in [0, 0.05) is 6.07 Å². The Bertz CT molecular complexity index is 511. The van der Waals surface area contributed by atoms with Gasteiger partial charge in [0.25, 0.3) is 17.5 Å². The fourth-order valence-electron chi connectivity index (χ4n) is 1.56. The average Bonchev–Trinajstić information content (AvgIpc) is 2.51. The summed E-state index contributed by atoms with van der Waals surface area (Å²) in [4.78, 5) is 37.8. The van der Waals surface area contributed by atoms with Crippen molar-refractivity contribution in [1.82, 2.24) is 5.06 Å². The highest BCUT2D eigenvalue weighted by atomic mass is 16.7. The number of nitro benzene ring substituents is 1. The third-order valence-electron chi connectivity index (χ3n) is 2.23. The summed E-state index contributed by atoms with van der Waals surface area (Å²) in [6.45, 7) is 0. The molecule has 7 nitrogen and oxygen atoms in total. The number of imide groups is 1. The number of hydroxylamine groups is 2. The highest BCUT2D eigenvalue weighted by Gasteiger charge is 2.41. The molecule has 0 spiro atoms. The summed E-state index contributed by atoms with van der Waals surface area (Å²) < 4.78 is 0. The van der Waals surface area contributed by atoms with Gasteiger partial charge in [0.05, 0.1) is 17.6 Å². The SMILES string of the molecule is CON1C(=O)c2cccc([N+](=O)[O-])c2C1=O. The molecule has 2 amide bonds. The van der Waals surface area contributed by atoms with Gasteiger partial charge in [-0.3, -0.25) is 24.5 Å². The first-order chi connectivity index (χ1) is 7.57. The molecule has 1 aliphatic rings. The number of amides is 2. The first-order valence-corrected chi connectivity index (χ1v) is 4.28.